The molecule has 0 radical (unpaired) electrons. The van der Waals surface area contributed by atoms with E-state index < -0.39 is 0 Å². The highest BCUT2D eigenvalue weighted by molar-refractivity contribution is 9.10. The lowest BCUT2D eigenvalue weighted by molar-refractivity contribution is 0.452. The summed E-state index contributed by atoms with van der Waals surface area (Å²) in [6.45, 7) is 4.21. The Morgan fingerprint density at radius 3 is 2.84 bits per heavy atom. The first-order chi connectivity index (χ1) is 9.00. The van der Waals surface area contributed by atoms with Gasteiger partial charge in [-0.15, -0.1) is 11.3 Å². The fraction of sp³-hybridized carbons (Fsp3) is 0.231. The second kappa shape index (κ2) is 4.31. The van der Waals surface area contributed by atoms with Gasteiger partial charge in [0.1, 0.15) is 5.01 Å². The zero-order chi connectivity index (χ0) is 13.6. The highest BCUT2D eigenvalue weighted by atomic mass is 79.9. The third-order valence-electron chi connectivity index (χ3n) is 3.16. The molecule has 0 saturated heterocycles. The van der Waals surface area contributed by atoms with Crippen molar-refractivity contribution in [3.05, 3.63) is 39.3 Å². The van der Waals surface area contributed by atoms with Crippen molar-refractivity contribution in [2.45, 2.75) is 19.4 Å². The van der Waals surface area contributed by atoms with Gasteiger partial charge in [-0.2, -0.15) is 0 Å². The van der Waals surface area contributed by atoms with Crippen LogP contribution in [0.4, 0.5) is 5.95 Å². The highest BCUT2D eigenvalue weighted by Gasteiger charge is 2.29. The molecular weight excluding hydrogens is 324 g/mol. The number of halogens is 1. The Hall–Kier alpha value is -1.40. The maximum atomic E-state index is 6.11. The Balaban J connectivity index is 2.28. The van der Waals surface area contributed by atoms with Gasteiger partial charge in [0.05, 0.1) is 16.6 Å². The van der Waals surface area contributed by atoms with Gasteiger partial charge in [0.25, 0.3) is 0 Å². The molecule has 0 amide bonds. The molecular formula is C13H13BrN4S. The van der Waals surface area contributed by atoms with Gasteiger partial charge in [-0.05, 0) is 32.0 Å². The van der Waals surface area contributed by atoms with E-state index in [9.17, 15) is 0 Å². The zero-order valence-corrected chi connectivity index (χ0v) is 13.0. The van der Waals surface area contributed by atoms with Crippen molar-refractivity contribution in [2.24, 2.45) is 0 Å². The fourth-order valence-corrected chi connectivity index (χ4v) is 3.38. The molecule has 0 fully saturated rings. The van der Waals surface area contributed by atoms with Gasteiger partial charge in [0, 0.05) is 16.0 Å². The largest absolute Gasteiger partial charge is 0.369 e. The summed E-state index contributed by atoms with van der Waals surface area (Å²) in [6, 6.07) is 6.00. The number of fused-ring (bicyclic) bond motifs is 1. The number of nitrogens with zero attached hydrogens (tertiary/aromatic N) is 3. The second-order valence-corrected chi connectivity index (χ2v) is 6.64. The molecule has 2 aromatic heterocycles. The van der Waals surface area contributed by atoms with E-state index >= 15 is 0 Å². The third-order valence-corrected chi connectivity index (χ3v) is 4.74. The minimum Gasteiger partial charge on any atom is -0.369 e. The molecule has 0 aliphatic heterocycles. The minimum absolute atomic E-state index is 0.319. The van der Waals surface area contributed by atoms with Crippen LogP contribution in [-0.2, 0) is 5.54 Å². The van der Waals surface area contributed by atoms with E-state index in [4.69, 9.17) is 5.73 Å². The fourth-order valence-electron chi connectivity index (χ4n) is 2.28. The maximum Gasteiger partial charge on any atom is 0.202 e. The lowest BCUT2D eigenvalue weighted by Gasteiger charge is -2.26. The molecule has 19 heavy (non-hydrogen) atoms. The summed E-state index contributed by atoms with van der Waals surface area (Å²) in [5.74, 6) is 0.508. The van der Waals surface area contributed by atoms with Crippen LogP contribution in [0.2, 0.25) is 0 Å². The lowest BCUT2D eigenvalue weighted by Crippen LogP contribution is -2.28. The van der Waals surface area contributed by atoms with E-state index in [2.05, 4.69) is 39.7 Å². The molecule has 0 atom stereocenters. The molecule has 2 N–H and O–H groups in total. The number of nitrogen functional groups attached to an aromatic ring is 1. The van der Waals surface area contributed by atoms with E-state index in [1.165, 1.54) is 0 Å². The minimum atomic E-state index is -0.319. The number of rotatable bonds is 2. The molecule has 98 valence electrons. The molecule has 0 aliphatic rings. The van der Waals surface area contributed by atoms with Crippen molar-refractivity contribution >= 4 is 44.2 Å². The molecule has 3 aromatic rings. The summed E-state index contributed by atoms with van der Waals surface area (Å²) in [5.41, 5.74) is 7.69. The van der Waals surface area contributed by atoms with Crippen LogP contribution in [0.5, 0.6) is 0 Å². The highest BCUT2D eigenvalue weighted by Crippen LogP contribution is 2.34. The number of nitrogens with two attached hydrogens (primary N) is 1. The average molecular weight is 337 g/mol. The van der Waals surface area contributed by atoms with Gasteiger partial charge in [-0.1, -0.05) is 15.9 Å². The Kier molecular flexibility index (Phi) is 2.87. The van der Waals surface area contributed by atoms with E-state index in [0.29, 0.717) is 5.95 Å². The average Bonchev–Trinajstić information content (AvgIpc) is 2.94. The molecule has 3 rings (SSSR count). The van der Waals surface area contributed by atoms with E-state index in [1.807, 2.05) is 34.3 Å². The van der Waals surface area contributed by atoms with Crippen LogP contribution in [-0.4, -0.2) is 14.5 Å². The van der Waals surface area contributed by atoms with E-state index in [1.54, 1.807) is 11.3 Å². The molecule has 2 heterocycles. The first-order valence-corrected chi connectivity index (χ1v) is 7.51. The summed E-state index contributed by atoms with van der Waals surface area (Å²) < 4.78 is 3.03. The van der Waals surface area contributed by atoms with Gasteiger partial charge in [-0.25, -0.2) is 9.97 Å². The predicted molar refractivity (Wildman–Crippen MR) is 82.4 cm³/mol. The molecule has 0 bridgehead atoms. The third kappa shape index (κ3) is 1.95. The number of hydrogen-bond donors (Lipinski definition) is 1. The van der Waals surface area contributed by atoms with Crippen molar-refractivity contribution < 1.29 is 0 Å². The quantitative estimate of drug-likeness (QED) is 0.777. The number of thiazole rings is 1. The number of hydrogen-bond acceptors (Lipinski definition) is 4. The van der Waals surface area contributed by atoms with E-state index in [-0.39, 0.29) is 5.54 Å². The van der Waals surface area contributed by atoms with Crippen LogP contribution < -0.4 is 5.73 Å². The summed E-state index contributed by atoms with van der Waals surface area (Å²) in [4.78, 5) is 8.85. The van der Waals surface area contributed by atoms with Crippen LogP contribution in [0.3, 0.4) is 0 Å². The van der Waals surface area contributed by atoms with Gasteiger partial charge >= 0.3 is 0 Å². The van der Waals surface area contributed by atoms with Crippen molar-refractivity contribution in [1.29, 1.82) is 0 Å². The molecule has 6 heteroatoms. The zero-order valence-electron chi connectivity index (χ0n) is 10.6. The topological polar surface area (TPSA) is 56.7 Å². The van der Waals surface area contributed by atoms with Gasteiger partial charge in [0.2, 0.25) is 5.95 Å². The Bertz CT molecular complexity index is 731. The Morgan fingerprint density at radius 1 is 1.37 bits per heavy atom. The second-order valence-electron chi connectivity index (χ2n) is 4.83. The van der Waals surface area contributed by atoms with Crippen LogP contribution in [0.15, 0.2) is 34.2 Å². The van der Waals surface area contributed by atoms with Crippen molar-refractivity contribution in [3.8, 4) is 0 Å². The summed E-state index contributed by atoms with van der Waals surface area (Å²) >= 11 is 5.08. The van der Waals surface area contributed by atoms with E-state index in [0.717, 1.165) is 20.5 Å². The van der Waals surface area contributed by atoms with Crippen LogP contribution >= 0.6 is 27.3 Å². The smallest absolute Gasteiger partial charge is 0.202 e. The number of aromatic nitrogens is 3. The number of anilines is 1. The van der Waals surface area contributed by atoms with Gasteiger partial charge in [-0.3, -0.25) is 4.57 Å². The summed E-state index contributed by atoms with van der Waals surface area (Å²) in [6.07, 6.45) is 1.81. The van der Waals surface area contributed by atoms with Gasteiger partial charge in [0.15, 0.2) is 0 Å². The molecule has 0 spiro atoms. The van der Waals surface area contributed by atoms with Crippen molar-refractivity contribution in [2.75, 3.05) is 5.73 Å². The molecule has 0 aliphatic carbocycles. The number of benzene rings is 1. The summed E-state index contributed by atoms with van der Waals surface area (Å²) in [7, 11) is 0. The maximum absolute atomic E-state index is 6.11. The summed E-state index contributed by atoms with van der Waals surface area (Å²) in [5, 5.41) is 2.99. The molecule has 0 saturated carbocycles. The lowest BCUT2D eigenvalue weighted by atomic mass is 10.1. The first-order valence-electron chi connectivity index (χ1n) is 5.84. The first kappa shape index (κ1) is 12.6. The Morgan fingerprint density at radius 2 is 2.16 bits per heavy atom. The standard InChI is InChI=1S/C13H13BrN4S/c1-13(2,11-16-5-6-19-11)18-10-4-3-8(14)7-9(10)17-12(18)15/h3-7H,1-2H3,(H2,15,17). The normalized spacial score (nSPS) is 12.2. The molecule has 4 nitrogen and oxygen atoms in total. The van der Waals surface area contributed by atoms with Crippen molar-refractivity contribution in [3.63, 3.8) is 0 Å². The molecule has 1 aromatic carbocycles. The van der Waals surface area contributed by atoms with Gasteiger partial charge < -0.3 is 5.73 Å². The Labute approximate surface area is 123 Å². The van der Waals surface area contributed by atoms with Crippen LogP contribution in [0, 0.1) is 0 Å². The van der Waals surface area contributed by atoms with Crippen LogP contribution in [0.1, 0.15) is 18.9 Å². The number of imidazole rings is 1. The SMILES string of the molecule is CC(C)(c1nccs1)n1c(N)nc2cc(Br)ccc21. The van der Waals surface area contributed by atoms with Crippen molar-refractivity contribution in [1.82, 2.24) is 14.5 Å². The monoisotopic (exact) mass is 336 g/mol. The van der Waals surface area contributed by atoms with Crippen LogP contribution in [0.25, 0.3) is 11.0 Å². The predicted octanol–water partition coefficient (Wildman–Crippen LogP) is 3.62. The molecule has 0 unspecified atom stereocenters.